The normalized spacial score (nSPS) is 41.7. The van der Waals surface area contributed by atoms with Crippen LogP contribution in [-0.2, 0) is 28.5 Å². The van der Waals surface area contributed by atoms with Crippen LogP contribution >= 0.6 is 0 Å². The van der Waals surface area contributed by atoms with Crippen LogP contribution in [-0.4, -0.2) is 104 Å². The van der Waals surface area contributed by atoms with Crippen molar-refractivity contribution in [3.8, 4) is 0 Å². The topological polar surface area (TPSA) is 126 Å². The number of hydrogen-bond acceptors (Lipinski definition) is 11. The summed E-state index contributed by atoms with van der Waals surface area (Å²) in [6.45, 7) is 15.6. The Labute approximate surface area is 609 Å². The quantitative estimate of drug-likeness (QED) is 0.159. The number of nitrogens with one attached hydrogen (secondary N) is 2. The monoisotopic (exact) mass is 1380 g/mol. The van der Waals surface area contributed by atoms with Crippen molar-refractivity contribution in [1.29, 1.82) is 0 Å². The number of fused-ring (bicyclic) bond motifs is 6. The maximum Gasteiger partial charge on any atom is 0.136 e. The summed E-state index contributed by atoms with van der Waals surface area (Å²) in [5, 5.41) is 15.5. The second-order valence-electron chi connectivity index (χ2n) is 37.6. The molecule has 5 saturated heterocycles. The van der Waals surface area contributed by atoms with Crippen LogP contribution in [0.2, 0.25) is 0 Å². The van der Waals surface area contributed by atoms with Crippen LogP contribution in [0.5, 0.6) is 0 Å². The molecule has 3 aromatic carbocycles. The lowest BCUT2D eigenvalue weighted by atomic mass is 9.58. The molecule has 534 valence electrons. The van der Waals surface area contributed by atoms with Crippen molar-refractivity contribution in [2.75, 3.05) is 26.4 Å². The first kappa shape index (κ1) is 65.0. The molecule has 11 heterocycles. The summed E-state index contributed by atoms with van der Waals surface area (Å²) in [4.78, 5) is 25.5. The fraction of sp³-hybridized carbons (Fsp3) is 0.565. The molecule has 17 atom stereocenters. The molecular weight excluding hydrogens is 1270 g/mol. The summed E-state index contributed by atoms with van der Waals surface area (Å²) in [6, 6.07) is 28.5. The Balaban J connectivity index is 0.000000100. The van der Waals surface area contributed by atoms with Crippen molar-refractivity contribution in [1.82, 2.24) is 25.6 Å². The predicted octanol–water partition coefficient (Wildman–Crippen LogP) is 18.5. The number of aromatic nitrogens is 3. The lowest BCUT2D eigenvalue weighted by molar-refractivity contribution is -0.146. The van der Waals surface area contributed by atoms with Gasteiger partial charge in [0.1, 0.15) is 5.78 Å². The highest BCUT2D eigenvalue weighted by Crippen LogP contribution is 2.73. The van der Waals surface area contributed by atoms with E-state index in [1.54, 1.807) is 11.1 Å². The van der Waals surface area contributed by atoms with Gasteiger partial charge in [-0.05, 0) is 310 Å². The molecule has 9 aliphatic carbocycles. The Bertz CT molecular complexity index is 4550. The predicted molar refractivity (Wildman–Crippen MR) is 404 cm³/mol. The minimum absolute atomic E-state index is 0.0564. The second-order valence-corrected chi connectivity index (χ2v) is 37.6. The molecule has 6 spiro atoms. The van der Waals surface area contributed by atoms with Crippen molar-refractivity contribution in [2.45, 2.75) is 263 Å². The molecule has 0 amide bonds. The average Bonchev–Trinajstić information content (AvgIpc) is 1.55. The number of hydrogen-bond donors (Lipinski definition) is 2. The molecule has 6 saturated carbocycles. The van der Waals surface area contributed by atoms with Crippen LogP contribution < -0.4 is 10.6 Å². The molecule has 11 fully saturated rings. The number of ether oxygens (including phenoxy) is 5. The van der Waals surface area contributed by atoms with E-state index in [1.165, 1.54) is 148 Å². The summed E-state index contributed by atoms with van der Waals surface area (Å²) >= 11 is 0. The van der Waals surface area contributed by atoms with E-state index >= 15 is 0 Å². The zero-order chi connectivity index (χ0) is 69.2. The van der Waals surface area contributed by atoms with Crippen molar-refractivity contribution in [3.05, 3.63) is 197 Å². The lowest BCUT2D eigenvalue weighted by Gasteiger charge is -2.55. The minimum atomic E-state index is -0.294. The van der Waals surface area contributed by atoms with Gasteiger partial charge >= 0.3 is 0 Å². The van der Waals surface area contributed by atoms with E-state index in [-0.39, 0.29) is 60.9 Å². The van der Waals surface area contributed by atoms with Crippen molar-refractivity contribution in [2.24, 2.45) is 34.0 Å². The van der Waals surface area contributed by atoms with Gasteiger partial charge in [0.25, 0.3) is 0 Å². The van der Waals surface area contributed by atoms with Gasteiger partial charge in [0.05, 0.1) is 71.1 Å². The largest absolute Gasteiger partial charge is 0.377 e. The molecule has 8 aliphatic heterocycles. The van der Waals surface area contributed by atoms with E-state index in [0.717, 1.165) is 90.6 Å². The standard InChI is InChI=1S/2C32H38N2O2.C28H29NO2/c2*1-29(19-35-20-29)34-26-6-5-24-16-25-9-11-30(2)27(22-4-3-21-10-14-33-18-23(21)15-22)7-8-28(30)32(25)13-12-31(24,17-26)36-32;1-26-10-8-22-15-21-4-5-23(30)16-27(21)11-12-28(22,31-27)25(26)7-6-24(26)19-3-2-18-9-13-29-17-20(18)14-19/h2*3-4,9-10,14-16,18,26-28,34H,5-8,11-13,17,19-20H2,1-2H3;2-3,8-9,13-15,17,24-25H,4-7,10-12,16H2,1H3/t26-,27+,28+,30+,31+,32+;26-,27-,28-,30-,31-,32-;24-,25-,26-,27-,28-/m011/s1. The third-order valence-corrected chi connectivity index (χ3v) is 31.8. The van der Waals surface area contributed by atoms with Gasteiger partial charge in [0, 0.05) is 78.3 Å². The number of allylic oxidation sites excluding steroid dienone is 3. The summed E-state index contributed by atoms with van der Waals surface area (Å²) < 4.78 is 33.2. The number of benzene rings is 3. The van der Waals surface area contributed by atoms with Gasteiger partial charge in [0.15, 0.2) is 0 Å². The first-order valence-corrected chi connectivity index (χ1v) is 40.5. The molecule has 3 aromatic heterocycles. The first-order valence-electron chi connectivity index (χ1n) is 40.5. The number of carbonyl (C=O) groups excluding carboxylic acids is 1. The molecule has 23 rings (SSSR count). The van der Waals surface area contributed by atoms with Crippen LogP contribution in [0.1, 0.15) is 223 Å². The molecular formula is C92H105N5O6. The highest BCUT2D eigenvalue weighted by Gasteiger charge is 2.70. The average molecular weight is 1380 g/mol. The number of pyridine rings is 3. The molecule has 11 heteroatoms. The van der Waals surface area contributed by atoms with Gasteiger partial charge < -0.3 is 34.3 Å². The highest BCUT2D eigenvalue weighted by molar-refractivity contribution is 5.85. The maximum absolute atomic E-state index is 12.4. The van der Waals surface area contributed by atoms with E-state index < -0.39 is 0 Å². The van der Waals surface area contributed by atoms with Crippen molar-refractivity contribution in [3.63, 3.8) is 0 Å². The second kappa shape index (κ2) is 22.9. The van der Waals surface area contributed by atoms with Crippen molar-refractivity contribution < 1.29 is 28.5 Å². The van der Waals surface area contributed by atoms with Gasteiger partial charge in [-0.1, -0.05) is 93.6 Å². The van der Waals surface area contributed by atoms with E-state index in [1.807, 2.05) is 37.2 Å². The number of nitrogens with zero attached hydrogens (tertiary/aromatic N) is 3. The number of rotatable bonds is 7. The Kier molecular flexibility index (Phi) is 14.5. The molecule has 103 heavy (non-hydrogen) atoms. The Hall–Kier alpha value is -6.28. The third-order valence-electron chi connectivity index (χ3n) is 31.8. The number of carbonyl (C=O) groups is 1. The summed E-state index contributed by atoms with van der Waals surface area (Å²) in [7, 11) is 0. The van der Waals surface area contributed by atoms with Gasteiger partial charge in [0.2, 0.25) is 0 Å². The zero-order valence-electron chi connectivity index (χ0n) is 61.6. The molecule has 2 N–H and O–H groups in total. The number of Topliss-reactive ketones (excluding diaryl/α,β-unsaturated/α-hetero) is 1. The van der Waals surface area contributed by atoms with Gasteiger partial charge in [-0.25, -0.2) is 0 Å². The molecule has 6 aromatic rings. The maximum atomic E-state index is 12.4. The van der Waals surface area contributed by atoms with Crippen LogP contribution in [0.25, 0.3) is 32.3 Å². The lowest BCUT2D eigenvalue weighted by Crippen LogP contribution is -2.63. The van der Waals surface area contributed by atoms with E-state index in [9.17, 15) is 4.79 Å². The molecule has 11 nitrogen and oxygen atoms in total. The Morgan fingerprint density at radius 2 is 0.767 bits per heavy atom. The van der Waals surface area contributed by atoms with Gasteiger partial charge in [-0.15, -0.1) is 0 Å². The summed E-state index contributed by atoms with van der Waals surface area (Å²) in [6.07, 6.45) is 53.9. The molecule has 6 bridgehead atoms. The fourth-order valence-electron chi connectivity index (χ4n) is 26.9. The van der Waals surface area contributed by atoms with E-state index in [0.29, 0.717) is 66.2 Å². The summed E-state index contributed by atoms with van der Waals surface area (Å²) in [5.41, 5.74) is 13.6. The van der Waals surface area contributed by atoms with Crippen LogP contribution in [0.4, 0.5) is 0 Å². The highest BCUT2D eigenvalue weighted by atomic mass is 16.5. The van der Waals surface area contributed by atoms with Crippen molar-refractivity contribution >= 4 is 38.1 Å². The van der Waals surface area contributed by atoms with Crippen LogP contribution in [0.15, 0.2) is 180 Å². The molecule has 0 radical (unpaired) electrons. The van der Waals surface area contributed by atoms with Crippen LogP contribution in [0.3, 0.4) is 0 Å². The third kappa shape index (κ3) is 9.61. The van der Waals surface area contributed by atoms with Gasteiger partial charge in [-0.2, -0.15) is 0 Å². The molecule has 17 aliphatic rings. The SMILES string of the molecule is CC1(N[C@@H]2CCC3=CC4=CC[C@]5(C)[C@@H](c6ccc7ccncc7c6)CC[C@H]5[C@@]45CC[C@]3(C2)O5)COC1.CC1(N[C@H]2CCC3=CC4=CC[C@]5(C)[C@@H](c6ccc7ccncc7c6)CC[C@H]5[C@@]45CC[C@]3(C2)O5)COC1.C[C@]12CC=C3C=C4CCC(=O)C[C@]45CC[C@]3(O5)[C@@H]1CC[C@@H]2c1ccc2ccncc2c1. The Morgan fingerprint density at radius 1 is 0.398 bits per heavy atom. The fourth-order valence-corrected chi connectivity index (χ4v) is 26.9. The summed E-state index contributed by atoms with van der Waals surface area (Å²) in [5.74, 6) is 3.75. The van der Waals surface area contributed by atoms with Crippen LogP contribution in [0, 0.1) is 34.0 Å². The number of ketones is 1. The molecule has 0 unspecified atom stereocenters. The zero-order valence-corrected chi connectivity index (χ0v) is 61.6. The smallest absolute Gasteiger partial charge is 0.136 e. The van der Waals surface area contributed by atoms with E-state index in [2.05, 4.69) is 169 Å². The van der Waals surface area contributed by atoms with Gasteiger partial charge in [-0.3, -0.25) is 19.7 Å². The van der Waals surface area contributed by atoms with E-state index in [4.69, 9.17) is 23.7 Å². The first-order chi connectivity index (χ1) is 49.9. The Morgan fingerprint density at radius 3 is 1.15 bits per heavy atom. The minimum Gasteiger partial charge on any atom is -0.377 e.